The number of anilines is 2. The topological polar surface area (TPSA) is 68.2 Å². The van der Waals surface area contributed by atoms with Gasteiger partial charge in [-0.1, -0.05) is 54.1 Å². The summed E-state index contributed by atoms with van der Waals surface area (Å²) in [6.45, 7) is 0.608. The van der Waals surface area contributed by atoms with Crippen molar-refractivity contribution in [2.45, 2.75) is 6.54 Å². The zero-order valence-electron chi connectivity index (χ0n) is 17.0. The normalized spacial score (nSPS) is 10.6. The summed E-state index contributed by atoms with van der Waals surface area (Å²) in [4.78, 5) is 13.2. The first-order chi connectivity index (χ1) is 15.5. The number of rotatable bonds is 6. The summed E-state index contributed by atoms with van der Waals surface area (Å²) in [5, 5.41) is 12.2. The summed E-state index contributed by atoms with van der Waals surface area (Å²) in [7, 11) is 1.36. The van der Waals surface area contributed by atoms with E-state index in [0.717, 1.165) is 21.7 Å². The molecule has 0 saturated carbocycles. The lowest BCUT2D eigenvalue weighted by Crippen LogP contribution is -2.19. The van der Waals surface area contributed by atoms with Gasteiger partial charge in [-0.3, -0.25) is 4.68 Å². The molecule has 2 heterocycles. The van der Waals surface area contributed by atoms with E-state index >= 15 is 0 Å². The van der Waals surface area contributed by atoms with Crippen molar-refractivity contribution in [3.63, 3.8) is 0 Å². The first-order valence-corrected chi connectivity index (χ1v) is 11.2. The Bertz CT molecular complexity index is 1240. The van der Waals surface area contributed by atoms with Gasteiger partial charge in [0.05, 0.1) is 31.1 Å². The summed E-state index contributed by atoms with van der Waals surface area (Å²) in [6, 6.07) is 19.2. The molecule has 2 aromatic carbocycles. The Hall–Kier alpha value is -3.20. The van der Waals surface area contributed by atoms with Gasteiger partial charge in [0.15, 0.2) is 5.11 Å². The summed E-state index contributed by atoms with van der Waals surface area (Å²) in [5.74, 6) is -0.426. The zero-order valence-corrected chi connectivity index (χ0v) is 19.4. The van der Waals surface area contributed by atoms with Crippen LogP contribution in [0.1, 0.15) is 15.9 Å². The second-order valence-electron chi connectivity index (χ2n) is 6.84. The molecule has 0 saturated heterocycles. The lowest BCUT2D eigenvalue weighted by molar-refractivity contribution is 0.0602. The molecule has 4 aromatic rings. The van der Waals surface area contributed by atoms with E-state index in [0.29, 0.717) is 27.2 Å². The molecule has 4 rings (SSSR count). The van der Waals surface area contributed by atoms with E-state index in [9.17, 15) is 4.79 Å². The number of esters is 1. The molecule has 0 aliphatic carbocycles. The maximum Gasteiger partial charge on any atom is 0.340 e. The fraction of sp³-hybridized carbons (Fsp3) is 0.0870. The Kier molecular flexibility index (Phi) is 6.84. The minimum absolute atomic E-state index is 0.350. The molecule has 9 heteroatoms. The molecule has 2 aromatic heterocycles. The van der Waals surface area contributed by atoms with Gasteiger partial charge in [-0.15, -0.1) is 11.3 Å². The van der Waals surface area contributed by atoms with Crippen LogP contribution in [-0.2, 0) is 11.3 Å². The van der Waals surface area contributed by atoms with Gasteiger partial charge in [-0.2, -0.15) is 5.10 Å². The van der Waals surface area contributed by atoms with Gasteiger partial charge < -0.3 is 15.4 Å². The van der Waals surface area contributed by atoms with E-state index in [-0.39, 0.29) is 0 Å². The zero-order chi connectivity index (χ0) is 22.5. The highest BCUT2D eigenvalue weighted by Gasteiger charge is 2.18. The maximum absolute atomic E-state index is 12.3. The number of thiocarbonyl (C=S) groups is 1. The minimum atomic E-state index is -0.426. The molecule has 0 atom stereocenters. The van der Waals surface area contributed by atoms with Crippen LogP contribution in [0.25, 0.3) is 10.4 Å². The summed E-state index contributed by atoms with van der Waals surface area (Å²) in [5.41, 5.74) is 3.26. The van der Waals surface area contributed by atoms with Gasteiger partial charge in [0.2, 0.25) is 0 Å². The van der Waals surface area contributed by atoms with E-state index < -0.39 is 5.97 Å². The fourth-order valence-electron chi connectivity index (χ4n) is 3.05. The largest absolute Gasteiger partial charge is 0.465 e. The highest BCUT2D eigenvalue weighted by molar-refractivity contribution is 7.80. The van der Waals surface area contributed by atoms with Crippen LogP contribution in [0.4, 0.5) is 10.7 Å². The van der Waals surface area contributed by atoms with Crippen LogP contribution in [0.3, 0.4) is 0 Å². The molecule has 0 aliphatic rings. The lowest BCUT2D eigenvalue weighted by atomic mass is 10.1. The molecule has 0 radical (unpaired) electrons. The number of thiophene rings is 1. The third-order valence-corrected chi connectivity index (χ3v) is 6.13. The number of carbonyl (C=O) groups is 1. The van der Waals surface area contributed by atoms with E-state index in [1.54, 1.807) is 16.9 Å². The molecule has 2 N–H and O–H groups in total. The Labute approximate surface area is 199 Å². The predicted octanol–water partition coefficient (Wildman–Crippen LogP) is 5.91. The van der Waals surface area contributed by atoms with E-state index in [1.165, 1.54) is 18.4 Å². The summed E-state index contributed by atoms with van der Waals surface area (Å²) >= 11 is 12.8. The molecule has 0 fully saturated rings. The average Bonchev–Trinajstić information content (AvgIpc) is 3.42. The van der Waals surface area contributed by atoms with Gasteiger partial charge in [0, 0.05) is 16.1 Å². The van der Waals surface area contributed by atoms with Crippen LogP contribution >= 0.6 is 35.2 Å². The van der Waals surface area contributed by atoms with Gasteiger partial charge in [-0.05, 0) is 41.5 Å². The number of nitrogens with one attached hydrogen (secondary N) is 2. The van der Waals surface area contributed by atoms with E-state index in [2.05, 4.69) is 15.7 Å². The van der Waals surface area contributed by atoms with Crippen molar-refractivity contribution in [3.05, 3.63) is 89.2 Å². The van der Waals surface area contributed by atoms with Crippen molar-refractivity contribution < 1.29 is 9.53 Å². The fourth-order valence-corrected chi connectivity index (χ4v) is 4.51. The Morgan fingerprint density at radius 3 is 2.62 bits per heavy atom. The number of nitrogens with zero attached hydrogens (tertiary/aromatic N) is 2. The number of methoxy groups -OCH3 is 1. The Morgan fingerprint density at radius 1 is 1.16 bits per heavy atom. The Morgan fingerprint density at radius 2 is 1.91 bits per heavy atom. The second-order valence-corrected chi connectivity index (χ2v) is 8.74. The number of carbonyl (C=O) groups excluding carboxylic acids is 1. The van der Waals surface area contributed by atoms with Crippen molar-refractivity contribution in [2.75, 3.05) is 17.7 Å². The third-order valence-electron chi connectivity index (χ3n) is 4.57. The van der Waals surface area contributed by atoms with Crippen molar-refractivity contribution >= 4 is 56.9 Å². The van der Waals surface area contributed by atoms with Crippen molar-refractivity contribution in [1.29, 1.82) is 0 Å². The third kappa shape index (κ3) is 5.34. The molecule has 6 nitrogen and oxygen atoms in total. The van der Waals surface area contributed by atoms with Gasteiger partial charge in [0.25, 0.3) is 0 Å². The predicted molar refractivity (Wildman–Crippen MR) is 134 cm³/mol. The van der Waals surface area contributed by atoms with Crippen LogP contribution in [0.15, 0.2) is 73.1 Å². The standard InChI is InChI=1S/C23H19ClN4O2S2/c1-30-22(29)19-11-20(16-5-3-2-4-6-16)32-21(19)27-23(31)26-18-12-25-28(14-18)13-15-7-9-17(24)10-8-15/h2-12,14H,13H2,1H3,(H2,26,27,31). The molecular weight excluding hydrogens is 464 g/mol. The van der Waals surface area contributed by atoms with E-state index in [4.69, 9.17) is 28.6 Å². The van der Waals surface area contributed by atoms with Crippen LogP contribution < -0.4 is 10.6 Å². The highest BCUT2D eigenvalue weighted by atomic mass is 35.5. The van der Waals surface area contributed by atoms with Crippen molar-refractivity contribution in [2.24, 2.45) is 0 Å². The number of aromatic nitrogens is 2. The molecular formula is C23H19ClN4O2S2. The van der Waals surface area contributed by atoms with Crippen LogP contribution in [-0.4, -0.2) is 28.0 Å². The van der Waals surface area contributed by atoms with Gasteiger partial charge >= 0.3 is 5.97 Å². The van der Waals surface area contributed by atoms with Crippen LogP contribution in [0.2, 0.25) is 5.02 Å². The van der Waals surface area contributed by atoms with E-state index in [1.807, 2.05) is 60.8 Å². The average molecular weight is 483 g/mol. The maximum atomic E-state index is 12.3. The highest BCUT2D eigenvalue weighted by Crippen LogP contribution is 2.36. The molecule has 0 bridgehead atoms. The smallest absolute Gasteiger partial charge is 0.340 e. The quantitative estimate of drug-likeness (QED) is 0.263. The number of benzene rings is 2. The SMILES string of the molecule is COC(=O)c1cc(-c2ccccc2)sc1NC(=S)Nc1cnn(Cc2ccc(Cl)cc2)c1. The lowest BCUT2D eigenvalue weighted by Gasteiger charge is -2.08. The van der Waals surface area contributed by atoms with Gasteiger partial charge in [-0.25, -0.2) is 4.79 Å². The number of halogens is 1. The summed E-state index contributed by atoms with van der Waals surface area (Å²) < 4.78 is 6.73. The number of hydrogen-bond donors (Lipinski definition) is 2. The molecule has 0 amide bonds. The molecule has 0 aliphatic heterocycles. The first kappa shape index (κ1) is 22.0. The van der Waals surface area contributed by atoms with Crippen molar-refractivity contribution in [3.8, 4) is 10.4 Å². The first-order valence-electron chi connectivity index (χ1n) is 9.64. The molecule has 32 heavy (non-hydrogen) atoms. The number of ether oxygens (including phenoxy) is 1. The van der Waals surface area contributed by atoms with Crippen LogP contribution in [0, 0.1) is 0 Å². The molecule has 0 unspecified atom stereocenters. The number of hydrogen-bond acceptors (Lipinski definition) is 5. The van der Waals surface area contributed by atoms with Gasteiger partial charge in [0.1, 0.15) is 5.00 Å². The molecule has 162 valence electrons. The minimum Gasteiger partial charge on any atom is -0.465 e. The second kappa shape index (κ2) is 9.95. The van der Waals surface area contributed by atoms with Crippen molar-refractivity contribution in [1.82, 2.24) is 9.78 Å². The monoisotopic (exact) mass is 482 g/mol. The molecule has 0 spiro atoms. The summed E-state index contributed by atoms with van der Waals surface area (Å²) in [6.07, 6.45) is 3.54. The van der Waals surface area contributed by atoms with Crippen LogP contribution in [0.5, 0.6) is 0 Å². The Balaban J connectivity index is 1.46.